The number of hydrogen-bond acceptors (Lipinski definition) is 4. The lowest BCUT2D eigenvalue weighted by Crippen LogP contribution is -2.42. The highest BCUT2D eigenvalue weighted by molar-refractivity contribution is 5.51. The standard InChI is InChI=1S/C20H28N4/c1-6-21-19-22-17(14(2)3)11-18(23-19)24-12-15-9-7-8-10-16(15)20(4,5)13-24/h7-11,14H,6,12-13H2,1-5H3,(H,21,22,23). The lowest BCUT2D eigenvalue weighted by atomic mass is 9.78. The van der Waals surface area contributed by atoms with Crippen molar-refractivity contribution in [3.63, 3.8) is 0 Å². The molecule has 2 aromatic rings. The molecule has 1 aromatic carbocycles. The van der Waals surface area contributed by atoms with E-state index in [1.165, 1.54) is 11.1 Å². The third-order valence-corrected chi connectivity index (χ3v) is 4.68. The average molecular weight is 324 g/mol. The fourth-order valence-electron chi connectivity index (χ4n) is 3.45. The summed E-state index contributed by atoms with van der Waals surface area (Å²) in [7, 11) is 0. The highest BCUT2D eigenvalue weighted by Gasteiger charge is 2.32. The van der Waals surface area contributed by atoms with E-state index in [1.807, 2.05) is 0 Å². The number of nitrogens with one attached hydrogen (secondary N) is 1. The average Bonchev–Trinajstić information content (AvgIpc) is 2.54. The second-order valence-electron chi connectivity index (χ2n) is 7.56. The molecule has 3 rings (SSSR count). The Morgan fingerprint density at radius 1 is 1.21 bits per heavy atom. The summed E-state index contributed by atoms with van der Waals surface area (Å²) >= 11 is 0. The van der Waals surface area contributed by atoms with Gasteiger partial charge in [-0.3, -0.25) is 0 Å². The van der Waals surface area contributed by atoms with Crippen LogP contribution in [0.15, 0.2) is 30.3 Å². The Hall–Kier alpha value is -2.10. The molecule has 24 heavy (non-hydrogen) atoms. The SMILES string of the molecule is CCNc1nc(C(C)C)cc(N2Cc3ccccc3C(C)(C)C2)n1. The Labute approximate surface area is 145 Å². The number of fused-ring (bicyclic) bond motifs is 1. The molecule has 0 saturated carbocycles. The van der Waals surface area contributed by atoms with Gasteiger partial charge in [0.05, 0.1) is 5.69 Å². The Morgan fingerprint density at radius 2 is 1.96 bits per heavy atom. The van der Waals surface area contributed by atoms with Crippen molar-refractivity contribution in [1.82, 2.24) is 9.97 Å². The van der Waals surface area contributed by atoms with Crippen molar-refractivity contribution in [3.8, 4) is 0 Å². The molecule has 0 aliphatic carbocycles. The predicted molar refractivity (Wildman–Crippen MR) is 101 cm³/mol. The summed E-state index contributed by atoms with van der Waals surface area (Å²) in [5.41, 5.74) is 4.04. The van der Waals surface area contributed by atoms with Gasteiger partial charge in [-0.2, -0.15) is 4.98 Å². The van der Waals surface area contributed by atoms with Gasteiger partial charge in [-0.25, -0.2) is 4.98 Å². The maximum absolute atomic E-state index is 4.77. The summed E-state index contributed by atoms with van der Waals surface area (Å²) in [5, 5.41) is 3.27. The second kappa shape index (κ2) is 6.42. The van der Waals surface area contributed by atoms with Crippen molar-refractivity contribution in [3.05, 3.63) is 47.2 Å². The number of rotatable bonds is 4. The molecule has 0 radical (unpaired) electrons. The van der Waals surface area contributed by atoms with Crippen LogP contribution in [0.25, 0.3) is 0 Å². The molecule has 0 bridgehead atoms. The largest absolute Gasteiger partial charge is 0.354 e. The third kappa shape index (κ3) is 3.23. The molecule has 1 aliphatic rings. The van der Waals surface area contributed by atoms with Gasteiger partial charge >= 0.3 is 0 Å². The lowest BCUT2D eigenvalue weighted by molar-refractivity contribution is 0.474. The van der Waals surface area contributed by atoms with Gasteiger partial charge in [0.25, 0.3) is 0 Å². The third-order valence-electron chi connectivity index (χ3n) is 4.68. The number of benzene rings is 1. The van der Waals surface area contributed by atoms with Crippen LogP contribution in [0, 0.1) is 0 Å². The minimum atomic E-state index is 0.107. The topological polar surface area (TPSA) is 41.1 Å². The van der Waals surface area contributed by atoms with Crippen molar-refractivity contribution in [2.75, 3.05) is 23.3 Å². The van der Waals surface area contributed by atoms with Gasteiger partial charge < -0.3 is 10.2 Å². The minimum absolute atomic E-state index is 0.107. The van der Waals surface area contributed by atoms with Crippen molar-refractivity contribution in [2.24, 2.45) is 0 Å². The molecule has 4 heteroatoms. The fraction of sp³-hybridized carbons (Fsp3) is 0.500. The molecule has 0 saturated heterocycles. The smallest absolute Gasteiger partial charge is 0.224 e. The van der Waals surface area contributed by atoms with Crippen LogP contribution in [-0.2, 0) is 12.0 Å². The summed E-state index contributed by atoms with van der Waals surface area (Å²) in [5.74, 6) is 2.14. The first-order chi connectivity index (χ1) is 11.4. The van der Waals surface area contributed by atoms with Crippen LogP contribution in [0.1, 0.15) is 57.4 Å². The molecular formula is C20H28N4. The van der Waals surface area contributed by atoms with E-state index in [9.17, 15) is 0 Å². The van der Waals surface area contributed by atoms with Crippen molar-refractivity contribution < 1.29 is 0 Å². The molecule has 0 fully saturated rings. The monoisotopic (exact) mass is 324 g/mol. The van der Waals surface area contributed by atoms with E-state index in [4.69, 9.17) is 4.98 Å². The van der Waals surface area contributed by atoms with Gasteiger partial charge in [0.15, 0.2) is 0 Å². The summed E-state index contributed by atoms with van der Waals surface area (Å²) in [6.07, 6.45) is 0. The number of nitrogens with zero attached hydrogens (tertiary/aromatic N) is 3. The summed E-state index contributed by atoms with van der Waals surface area (Å²) < 4.78 is 0. The van der Waals surface area contributed by atoms with Crippen LogP contribution < -0.4 is 10.2 Å². The van der Waals surface area contributed by atoms with Crippen molar-refractivity contribution in [1.29, 1.82) is 0 Å². The predicted octanol–water partition coefficient (Wildman–Crippen LogP) is 4.33. The first kappa shape index (κ1) is 16.7. The van der Waals surface area contributed by atoms with Gasteiger partial charge in [-0.05, 0) is 24.0 Å². The Morgan fingerprint density at radius 3 is 2.67 bits per heavy atom. The van der Waals surface area contributed by atoms with E-state index < -0.39 is 0 Å². The van der Waals surface area contributed by atoms with Gasteiger partial charge in [0.2, 0.25) is 5.95 Å². The maximum Gasteiger partial charge on any atom is 0.224 e. The molecule has 1 aliphatic heterocycles. The Kier molecular flexibility index (Phi) is 4.48. The number of hydrogen-bond donors (Lipinski definition) is 1. The first-order valence-corrected chi connectivity index (χ1v) is 8.87. The molecule has 0 unspecified atom stereocenters. The zero-order valence-electron chi connectivity index (χ0n) is 15.4. The highest BCUT2D eigenvalue weighted by Crippen LogP contribution is 2.35. The van der Waals surface area contributed by atoms with Crippen LogP contribution in [-0.4, -0.2) is 23.1 Å². The van der Waals surface area contributed by atoms with Gasteiger partial charge in [0, 0.05) is 31.1 Å². The fourth-order valence-corrected chi connectivity index (χ4v) is 3.45. The molecular weight excluding hydrogens is 296 g/mol. The zero-order chi connectivity index (χ0) is 17.3. The molecule has 4 nitrogen and oxygen atoms in total. The van der Waals surface area contributed by atoms with Crippen LogP contribution >= 0.6 is 0 Å². The normalized spacial score (nSPS) is 16.2. The van der Waals surface area contributed by atoms with Crippen molar-refractivity contribution >= 4 is 11.8 Å². The quantitative estimate of drug-likeness (QED) is 0.909. The van der Waals surface area contributed by atoms with Crippen LogP contribution in [0.3, 0.4) is 0 Å². The van der Waals surface area contributed by atoms with E-state index in [0.717, 1.165) is 37.1 Å². The second-order valence-corrected chi connectivity index (χ2v) is 7.56. The van der Waals surface area contributed by atoms with Gasteiger partial charge in [-0.1, -0.05) is 52.0 Å². The summed E-state index contributed by atoms with van der Waals surface area (Å²) in [6, 6.07) is 10.9. The number of aromatic nitrogens is 2. The van der Waals surface area contributed by atoms with Crippen LogP contribution in [0.2, 0.25) is 0 Å². The Bertz CT molecular complexity index is 721. The van der Waals surface area contributed by atoms with Gasteiger partial charge in [-0.15, -0.1) is 0 Å². The molecule has 128 valence electrons. The van der Waals surface area contributed by atoms with Crippen molar-refractivity contribution in [2.45, 2.75) is 52.5 Å². The number of anilines is 2. The van der Waals surface area contributed by atoms with E-state index in [-0.39, 0.29) is 5.41 Å². The molecule has 1 N–H and O–H groups in total. The first-order valence-electron chi connectivity index (χ1n) is 8.87. The molecule has 1 aromatic heterocycles. The highest BCUT2D eigenvalue weighted by atomic mass is 15.2. The van der Waals surface area contributed by atoms with Crippen LogP contribution in [0.4, 0.5) is 11.8 Å². The molecule has 2 heterocycles. The zero-order valence-corrected chi connectivity index (χ0v) is 15.4. The minimum Gasteiger partial charge on any atom is -0.354 e. The van der Waals surface area contributed by atoms with Crippen LogP contribution in [0.5, 0.6) is 0 Å². The maximum atomic E-state index is 4.77. The van der Waals surface area contributed by atoms with E-state index >= 15 is 0 Å². The van der Waals surface area contributed by atoms with Gasteiger partial charge in [0.1, 0.15) is 5.82 Å². The summed E-state index contributed by atoms with van der Waals surface area (Å²) in [6.45, 7) is 13.8. The molecule has 0 spiro atoms. The molecule has 0 amide bonds. The Balaban J connectivity index is 2.00. The van der Waals surface area contributed by atoms with E-state index in [1.54, 1.807) is 0 Å². The summed E-state index contributed by atoms with van der Waals surface area (Å²) in [4.78, 5) is 11.8. The van der Waals surface area contributed by atoms with E-state index in [0.29, 0.717) is 5.92 Å². The lowest BCUT2D eigenvalue weighted by Gasteiger charge is -2.40. The molecule has 0 atom stereocenters. The van der Waals surface area contributed by atoms with E-state index in [2.05, 4.69) is 80.2 Å².